The van der Waals surface area contributed by atoms with Crippen molar-refractivity contribution in [2.24, 2.45) is 0 Å². The molecule has 0 bridgehead atoms. The highest BCUT2D eigenvalue weighted by Gasteiger charge is 2.54. The molecule has 0 saturated carbocycles. The number of ketones is 1. The minimum Gasteiger partial charge on any atom is -0.465 e. The van der Waals surface area contributed by atoms with Gasteiger partial charge in [-0.1, -0.05) is 31.9 Å². The number of nitrogens with one attached hydrogen (secondary N) is 2. The summed E-state index contributed by atoms with van der Waals surface area (Å²) in [6, 6.07) is -1.99. The van der Waals surface area contributed by atoms with Crippen molar-refractivity contribution in [3.8, 4) is 0 Å². The van der Waals surface area contributed by atoms with Gasteiger partial charge in [0, 0.05) is 6.16 Å². The van der Waals surface area contributed by atoms with E-state index in [1.165, 1.54) is 27.1 Å². The molecule has 16 nitrogen and oxygen atoms in total. The van der Waals surface area contributed by atoms with E-state index in [1.54, 1.807) is 0 Å². The lowest BCUT2D eigenvalue weighted by atomic mass is 9.97. The minimum absolute atomic E-state index is 0.0644. The van der Waals surface area contributed by atoms with Crippen LogP contribution in [0.4, 0.5) is 5.82 Å². The zero-order chi connectivity index (χ0) is 31.1. The predicted octanol–water partition coefficient (Wildman–Crippen LogP) is 1.25. The lowest BCUT2D eigenvalue weighted by Gasteiger charge is -2.27. The van der Waals surface area contributed by atoms with Crippen molar-refractivity contribution in [2.75, 3.05) is 25.1 Å². The molecule has 3 heterocycles. The van der Waals surface area contributed by atoms with Crippen molar-refractivity contribution in [2.45, 2.75) is 96.7 Å². The number of nitrogens with zero attached hydrogens (tertiary/aromatic N) is 5. The van der Waals surface area contributed by atoms with Crippen molar-refractivity contribution >= 4 is 42.1 Å². The van der Waals surface area contributed by atoms with E-state index in [-0.39, 0.29) is 42.8 Å². The second-order valence-electron chi connectivity index (χ2n) is 10.4. The first-order valence-corrected chi connectivity index (χ1v) is 15.9. The van der Waals surface area contributed by atoms with Crippen LogP contribution in [0, 0.1) is 0 Å². The number of esters is 2. The number of aliphatic hydroxyl groups is 1. The second-order valence-corrected chi connectivity index (χ2v) is 12.9. The summed E-state index contributed by atoms with van der Waals surface area (Å²) in [5.41, 5.74) is 4.11. The van der Waals surface area contributed by atoms with Gasteiger partial charge in [0.15, 0.2) is 34.6 Å². The van der Waals surface area contributed by atoms with Crippen LogP contribution in [0.5, 0.6) is 0 Å². The Bertz CT molecular complexity index is 1270. The van der Waals surface area contributed by atoms with E-state index >= 15 is 0 Å². The molecule has 0 aromatic carbocycles. The van der Waals surface area contributed by atoms with Gasteiger partial charge in [-0.25, -0.2) is 20.1 Å². The average Bonchev–Trinajstić information content (AvgIpc) is 3.46. The van der Waals surface area contributed by atoms with Crippen LogP contribution in [0.3, 0.4) is 0 Å². The van der Waals surface area contributed by atoms with Crippen LogP contribution < -0.4 is 15.9 Å². The Morgan fingerprint density at radius 2 is 1.71 bits per heavy atom. The number of carbonyl (C=O) groups excluding carboxylic acids is 3. The number of anilines is 1. The summed E-state index contributed by atoms with van der Waals surface area (Å²) < 4.78 is 31.7. The van der Waals surface area contributed by atoms with E-state index in [1.807, 2.05) is 13.8 Å². The zero-order valence-corrected chi connectivity index (χ0v) is 25.5. The molecule has 42 heavy (non-hydrogen) atoms. The first-order chi connectivity index (χ1) is 19.8. The van der Waals surface area contributed by atoms with Crippen molar-refractivity contribution in [3.63, 3.8) is 0 Å². The molecule has 234 valence electrons. The van der Waals surface area contributed by atoms with Gasteiger partial charge >= 0.3 is 11.9 Å². The Kier molecular flexibility index (Phi) is 11.5. The van der Waals surface area contributed by atoms with E-state index in [0.717, 1.165) is 17.5 Å². The Balaban J connectivity index is 1.77. The van der Waals surface area contributed by atoms with Crippen LogP contribution >= 0.6 is 7.44 Å². The monoisotopic (exact) mass is 612 g/mol. The third-order valence-corrected chi connectivity index (χ3v) is 9.28. The minimum atomic E-state index is -3.75. The molecule has 0 radical (unpaired) electrons. The number of unbranched alkanes of at least 4 members (excludes halogenated alkanes) is 2. The summed E-state index contributed by atoms with van der Waals surface area (Å²) in [7, 11) is -3.75. The Hall–Kier alpha value is -3.04. The normalized spacial score (nSPS) is 22.3. The molecule has 17 heteroatoms. The number of Topliss-reactive ketones (excluding diaryl/α,β-unsaturated/α-hetero) is 1. The molecule has 0 unspecified atom stereocenters. The molecule has 0 amide bonds. The number of hydrogen-bond acceptors (Lipinski definition) is 13. The molecule has 1 fully saturated rings. The highest BCUT2D eigenvalue weighted by atomic mass is 31.2. The highest BCUT2D eigenvalue weighted by Crippen LogP contribution is 2.43. The van der Waals surface area contributed by atoms with Crippen molar-refractivity contribution in [1.82, 2.24) is 35.1 Å². The standard InChI is InChI=1S/C25H41N8O8P/c1-6-8-11-39-22(35)15(3)30-42(38,31-16(4)23(36)40-12-9-7-2)13-10-17-19(34)25(5,37)24(41-17)33-21-18(29-32-33)20(26)27-14-28-21/h14-17,24,37H,6-13H2,1-5H3,(H2,26,27,28)(H2,30,31,38)/t15-,16-,17+,24+,25+/m0/s1. The lowest BCUT2D eigenvalue weighted by molar-refractivity contribution is -0.145. The third-order valence-electron chi connectivity index (χ3n) is 6.78. The smallest absolute Gasteiger partial charge is 0.323 e. The summed E-state index contributed by atoms with van der Waals surface area (Å²) in [6.45, 7) is 8.61. The maximum Gasteiger partial charge on any atom is 0.323 e. The van der Waals surface area contributed by atoms with Gasteiger partial charge in [-0.2, -0.15) is 4.68 Å². The fraction of sp³-hybridized carbons (Fsp3) is 0.720. The number of hydrogen-bond donors (Lipinski definition) is 4. The van der Waals surface area contributed by atoms with E-state index in [4.69, 9.17) is 19.9 Å². The van der Waals surface area contributed by atoms with Gasteiger partial charge in [0.25, 0.3) is 0 Å². The predicted molar refractivity (Wildman–Crippen MR) is 151 cm³/mol. The number of rotatable bonds is 16. The van der Waals surface area contributed by atoms with Crippen LogP contribution in [0.2, 0.25) is 0 Å². The topological polar surface area (TPSA) is 223 Å². The Morgan fingerprint density at radius 3 is 2.26 bits per heavy atom. The fourth-order valence-corrected chi connectivity index (χ4v) is 6.71. The number of nitrogen functional groups attached to an aromatic ring is 1. The molecule has 0 spiro atoms. The number of aromatic nitrogens is 5. The van der Waals surface area contributed by atoms with Gasteiger partial charge in [-0.05, 0) is 40.0 Å². The molecule has 5 atom stereocenters. The quantitative estimate of drug-likeness (QED) is 0.119. The van der Waals surface area contributed by atoms with Crippen LogP contribution in [-0.2, 0) is 33.2 Å². The molecule has 1 aliphatic rings. The molecule has 1 aliphatic heterocycles. The van der Waals surface area contributed by atoms with Gasteiger partial charge in [0.05, 0.1) is 13.2 Å². The van der Waals surface area contributed by atoms with Gasteiger partial charge in [-0.3, -0.25) is 18.9 Å². The first-order valence-electron chi connectivity index (χ1n) is 14.1. The van der Waals surface area contributed by atoms with Crippen molar-refractivity contribution < 1.29 is 38.3 Å². The molecule has 2 aromatic rings. The molecule has 3 rings (SSSR count). The summed E-state index contributed by atoms with van der Waals surface area (Å²) in [5.74, 6) is -1.84. The fourth-order valence-electron chi connectivity index (χ4n) is 4.31. The molecular weight excluding hydrogens is 571 g/mol. The summed E-state index contributed by atoms with van der Waals surface area (Å²) in [5, 5.41) is 24.5. The Labute approximate surface area is 243 Å². The largest absolute Gasteiger partial charge is 0.465 e. The molecule has 0 aliphatic carbocycles. The van der Waals surface area contributed by atoms with E-state index in [2.05, 4.69) is 30.5 Å². The number of fused-ring (bicyclic) bond motifs is 1. The molecule has 1 saturated heterocycles. The maximum atomic E-state index is 14.1. The first kappa shape index (κ1) is 33.5. The van der Waals surface area contributed by atoms with Gasteiger partial charge in [-0.15, -0.1) is 5.10 Å². The van der Waals surface area contributed by atoms with E-state index in [0.29, 0.717) is 12.8 Å². The summed E-state index contributed by atoms with van der Waals surface area (Å²) >= 11 is 0. The molecular formula is C25H41N8O8P. The van der Waals surface area contributed by atoms with Crippen molar-refractivity contribution in [1.29, 1.82) is 0 Å². The maximum absolute atomic E-state index is 14.1. The summed E-state index contributed by atoms with van der Waals surface area (Å²) in [6.07, 6.45) is 1.33. The average molecular weight is 613 g/mol. The van der Waals surface area contributed by atoms with Gasteiger partial charge in [0.1, 0.15) is 24.5 Å². The van der Waals surface area contributed by atoms with E-state index < -0.39 is 55.2 Å². The molecule has 5 N–H and O–H groups in total. The Morgan fingerprint density at radius 1 is 1.14 bits per heavy atom. The SMILES string of the molecule is CCCCOC(=O)[C@H](C)NP(=O)(CC[C@H]1O[C@@H](n2nnc3c(N)ncnc32)[C@](C)(O)C1=O)N[C@@H](C)C(=O)OCCCC. The van der Waals surface area contributed by atoms with Crippen LogP contribution in [0.15, 0.2) is 6.33 Å². The van der Waals surface area contributed by atoms with Crippen LogP contribution in [-0.4, -0.2) is 91.0 Å². The number of carbonyl (C=O) groups is 3. The van der Waals surface area contributed by atoms with Crippen LogP contribution in [0.1, 0.15) is 73.0 Å². The van der Waals surface area contributed by atoms with Crippen LogP contribution in [0.25, 0.3) is 11.2 Å². The van der Waals surface area contributed by atoms with Crippen molar-refractivity contribution in [3.05, 3.63) is 6.33 Å². The van der Waals surface area contributed by atoms with Gasteiger partial charge < -0.3 is 25.1 Å². The zero-order valence-electron chi connectivity index (χ0n) is 24.6. The second kappa shape index (κ2) is 14.4. The third kappa shape index (κ3) is 7.86. The highest BCUT2D eigenvalue weighted by molar-refractivity contribution is 7.59. The summed E-state index contributed by atoms with van der Waals surface area (Å²) in [4.78, 5) is 46.2. The van der Waals surface area contributed by atoms with Gasteiger partial charge in [0.2, 0.25) is 7.44 Å². The number of nitrogens with two attached hydrogens (primary N) is 1. The van der Waals surface area contributed by atoms with E-state index in [9.17, 15) is 24.1 Å². The molecule has 2 aromatic heterocycles. The number of ether oxygens (including phenoxy) is 3. The lowest BCUT2D eigenvalue weighted by Crippen LogP contribution is -2.43.